The summed E-state index contributed by atoms with van der Waals surface area (Å²) < 4.78 is 51.9. The van der Waals surface area contributed by atoms with E-state index in [2.05, 4.69) is 0 Å². The Labute approximate surface area is 171 Å². The maximum atomic E-state index is 13.0. The molecule has 0 aliphatic rings. The molecule has 0 spiro atoms. The topological polar surface area (TPSA) is 183 Å². The van der Waals surface area contributed by atoms with E-state index in [-0.39, 0.29) is 0 Å². The summed E-state index contributed by atoms with van der Waals surface area (Å²) in [6, 6.07) is 8.23. The normalized spacial score (nSPS) is 16.3. The average molecular weight is 458 g/mol. The number of hydrogen-bond acceptors (Lipinski definition) is 8. The molecule has 30 heavy (non-hydrogen) atoms. The lowest BCUT2D eigenvalue weighted by Gasteiger charge is -2.35. The van der Waals surface area contributed by atoms with Crippen molar-refractivity contribution in [2.75, 3.05) is 0 Å². The lowest BCUT2D eigenvalue weighted by Crippen LogP contribution is -2.70. The highest BCUT2D eigenvalue weighted by Crippen LogP contribution is 2.41. The third-order valence-corrected chi connectivity index (χ3v) is 8.89. The van der Waals surface area contributed by atoms with E-state index >= 15 is 0 Å². The molecule has 2 atom stereocenters. The minimum absolute atomic E-state index is 0.536. The molecular weight excluding hydrogens is 440 g/mol. The highest BCUT2D eigenvalue weighted by atomic mass is 32.2. The fraction of sp³-hybridized carbons (Fsp3) is 0.222. The SMILES string of the molecule is Cc1ccc(S(=O)(=O)[C@](O)(C(=O)O)[C@@](O)(C(=O)O)S(=O)(=O)c2ccc(C)cc2)cc1. The molecule has 0 aliphatic carbocycles. The molecule has 0 bridgehead atoms. The van der Waals surface area contributed by atoms with Gasteiger partial charge >= 0.3 is 21.8 Å². The zero-order valence-electron chi connectivity index (χ0n) is 15.7. The van der Waals surface area contributed by atoms with E-state index in [1.807, 2.05) is 0 Å². The lowest BCUT2D eigenvalue weighted by molar-refractivity contribution is -0.176. The molecule has 4 N–H and O–H groups in total. The van der Waals surface area contributed by atoms with Crippen LogP contribution in [0.5, 0.6) is 0 Å². The maximum Gasteiger partial charge on any atom is 0.357 e. The molecule has 0 amide bonds. The summed E-state index contributed by atoms with van der Waals surface area (Å²) >= 11 is 0. The van der Waals surface area contributed by atoms with Gasteiger partial charge in [-0.05, 0) is 38.1 Å². The van der Waals surface area contributed by atoms with Crippen LogP contribution in [0.2, 0.25) is 0 Å². The fourth-order valence-electron chi connectivity index (χ4n) is 2.66. The first-order valence-corrected chi connectivity index (χ1v) is 11.1. The van der Waals surface area contributed by atoms with E-state index in [1.54, 1.807) is 13.8 Å². The molecule has 0 aromatic heterocycles. The van der Waals surface area contributed by atoms with Crippen molar-refractivity contribution in [2.24, 2.45) is 0 Å². The van der Waals surface area contributed by atoms with Gasteiger partial charge in [-0.2, -0.15) is 0 Å². The average Bonchev–Trinajstić information content (AvgIpc) is 2.66. The molecule has 0 unspecified atom stereocenters. The highest BCUT2D eigenvalue weighted by Gasteiger charge is 2.76. The van der Waals surface area contributed by atoms with Crippen molar-refractivity contribution in [1.29, 1.82) is 0 Å². The van der Waals surface area contributed by atoms with E-state index in [0.29, 0.717) is 11.1 Å². The number of hydrogen-bond donors (Lipinski definition) is 4. The molecule has 0 heterocycles. The number of sulfone groups is 2. The van der Waals surface area contributed by atoms with Gasteiger partial charge in [0.15, 0.2) is 0 Å². The molecule has 0 radical (unpaired) electrons. The van der Waals surface area contributed by atoms with Gasteiger partial charge in [0.1, 0.15) is 0 Å². The predicted octanol–water partition coefficient (Wildman–Crippen LogP) is 0.0974. The maximum absolute atomic E-state index is 13.0. The lowest BCUT2D eigenvalue weighted by atomic mass is 10.2. The molecular formula is C18H18O10S2. The van der Waals surface area contributed by atoms with E-state index in [1.165, 1.54) is 24.3 Å². The van der Waals surface area contributed by atoms with Crippen LogP contribution in [0.25, 0.3) is 0 Å². The van der Waals surface area contributed by atoms with Crippen LogP contribution >= 0.6 is 0 Å². The first kappa shape index (κ1) is 23.5. The van der Waals surface area contributed by atoms with Crippen LogP contribution in [0.1, 0.15) is 11.1 Å². The Morgan fingerprint density at radius 3 is 1.07 bits per heavy atom. The van der Waals surface area contributed by atoms with Crippen molar-refractivity contribution in [3.8, 4) is 0 Å². The van der Waals surface area contributed by atoms with Crippen LogP contribution in [0.3, 0.4) is 0 Å². The molecule has 2 aromatic rings. The second kappa shape index (κ2) is 7.47. The summed E-state index contributed by atoms with van der Waals surface area (Å²) in [6.07, 6.45) is 0. The first-order valence-electron chi connectivity index (χ1n) is 8.18. The minimum atomic E-state index is -5.67. The second-order valence-corrected chi connectivity index (χ2v) is 10.7. The van der Waals surface area contributed by atoms with Gasteiger partial charge in [0, 0.05) is 0 Å². The van der Waals surface area contributed by atoms with Crippen LogP contribution < -0.4 is 0 Å². The zero-order chi connectivity index (χ0) is 23.1. The summed E-state index contributed by atoms with van der Waals surface area (Å²) in [6.45, 7) is 3.13. The van der Waals surface area contributed by atoms with Gasteiger partial charge in [0.25, 0.3) is 0 Å². The van der Waals surface area contributed by atoms with Crippen LogP contribution in [0.4, 0.5) is 0 Å². The third-order valence-electron chi connectivity index (χ3n) is 4.48. The number of carbonyl (C=O) groups is 2. The molecule has 0 aliphatic heterocycles. The number of aliphatic carboxylic acids is 2. The van der Waals surface area contributed by atoms with E-state index < -0.39 is 51.3 Å². The molecule has 10 nitrogen and oxygen atoms in total. The van der Waals surface area contributed by atoms with Crippen LogP contribution in [0, 0.1) is 13.8 Å². The molecule has 2 aromatic carbocycles. The van der Waals surface area contributed by atoms with Crippen molar-refractivity contribution in [1.82, 2.24) is 0 Å². The highest BCUT2D eigenvalue weighted by molar-refractivity contribution is 7.98. The Balaban J connectivity index is 2.93. The Morgan fingerprint density at radius 1 is 0.633 bits per heavy atom. The summed E-state index contributed by atoms with van der Waals surface area (Å²) in [4.78, 5) is 12.6. The van der Waals surface area contributed by atoms with E-state index in [0.717, 1.165) is 24.3 Å². The standard InChI is InChI=1S/C18H18O10S2/c1-11-3-7-13(8-4-11)29(25,26)17(23,15(19)20)18(24,16(21)22)30(27,28)14-9-5-12(2)6-10-14/h3-10,23-24H,1-2H3,(H,19,20)(H,21,22)/t17-,18-/m1/s1. The van der Waals surface area contributed by atoms with E-state index in [4.69, 9.17) is 0 Å². The number of carboxylic acids is 2. The first-order chi connectivity index (χ1) is 13.6. The summed E-state index contributed by atoms with van der Waals surface area (Å²) in [7, 11) is -11.3. The van der Waals surface area contributed by atoms with Crippen molar-refractivity contribution in [2.45, 2.75) is 33.5 Å². The van der Waals surface area contributed by atoms with Crippen LogP contribution in [-0.4, -0.2) is 59.1 Å². The van der Waals surface area contributed by atoms with E-state index in [9.17, 15) is 46.9 Å². The monoisotopic (exact) mass is 458 g/mol. The Bertz CT molecular complexity index is 1100. The van der Waals surface area contributed by atoms with Gasteiger partial charge in [-0.25, -0.2) is 26.4 Å². The quantitative estimate of drug-likeness (QED) is 0.444. The smallest absolute Gasteiger partial charge is 0.357 e. The van der Waals surface area contributed by atoms with Crippen molar-refractivity contribution in [3.63, 3.8) is 0 Å². The summed E-state index contributed by atoms with van der Waals surface area (Å²) in [5.74, 6) is -5.58. The molecule has 0 fully saturated rings. The predicted molar refractivity (Wildman–Crippen MR) is 102 cm³/mol. The molecule has 0 saturated heterocycles. The fourth-order valence-corrected chi connectivity index (χ4v) is 6.35. The molecule has 162 valence electrons. The third kappa shape index (κ3) is 3.17. The Hall–Kier alpha value is -2.80. The van der Waals surface area contributed by atoms with Gasteiger partial charge in [0.2, 0.25) is 19.7 Å². The van der Waals surface area contributed by atoms with Crippen molar-refractivity contribution >= 4 is 31.6 Å². The van der Waals surface area contributed by atoms with Crippen molar-refractivity contribution in [3.05, 3.63) is 59.7 Å². The van der Waals surface area contributed by atoms with Gasteiger partial charge in [0.05, 0.1) is 9.79 Å². The number of rotatable bonds is 7. The Kier molecular flexibility index (Phi) is 5.84. The molecule has 2 rings (SSSR count). The van der Waals surface area contributed by atoms with Gasteiger partial charge in [-0.3, -0.25) is 0 Å². The molecule has 12 heteroatoms. The van der Waals surface area contributed by atoms with Gasteiger partial charge < -0.3 is 20.4 Å². The van der Waals surface area contributed by atoms with Gasteiger partial charge in [-0.1, -0.05) is 35.4 Å². The minimum Gasteiger partial charge on any atom is -0.478 e. The Morgan fingerprint density at radius 2 is 0.867 bits per heavy atom. The number of aliphatic hydroxyl groups is 2. The molecule has 0 saturated carbocycles. The number of benzene rings is 2. The largest absolute Gasteiger partial charge is 0.478 e. The summed E-state index contributed by atoms with van der Waals surface area (Å²) in [5.41, 5.74) is 1.07. The number of aryl methyl sites for hydroxylation is 2. The van der Waals surface area contributed by atoms with Crippen LogP contribution in [-0.2, 0) is 29.3 Å². The van der Waals surface area contributed by atoms with Gasteiger partial charge in [-0.15, -0.1) is 0 Å². The number of carboxylic acid groups (broad SMARTS) is 2. The van der Waals surface area contributed by atoms with Crippen molar-refractivity contribution < 1.29 is 46.9 Å². The van der Waals surface area contributed by atoms with Crippen LogP contribution in [0.15, 0.2) is 58.3 Å². The summed E-state index contributed by atoms with van der Waals surface area (Å²) in [5, 5.41) is 40.4. The zero-order valence-corrected chi connectivity index (χ0v) is 17.3. The second-order valence-electron chi connectivity index (χ2n) is 6.53.